The highest BCUT2D eigenvalue weighted by Crippen LogP contribution is 2.36. The van der Waals surface area contributed by atoms with Gasteiger partial charge in [0.15, 0.2) is 0 Å². The Balaban J connectivity index is 1.44. The summed E-state index contributed by atoms with van der Waals surface area (Å²) in [5, 5.41) is 4.97. The molecule has 0 radical (unpaired) electrons. The third-order valence-electron chi connectivity index (χ3n) is 6.65. The van der Waals surface area contributed by atoms with Crippen molar-refractivity contribution in [3.63, 3.8) is 0 Å². The van der Waals surface area contributed by atoms with Gasteiger partial charge in [-0.15, -0.1) is 0 Å². The number of carbonyl (C=O) groups excluding carboxylic acids is 1. The van der Waals surface area contributed by atoms with Crippen LogP contribution in [0.15, 0.2) is 97.5 Å². The number of carbonyl (C=O) groups is 1. The highest BCUT2D eigenvalue weighted by molar-refractivity contribution is 6.03. The molecule has 0 fully saturated rings. The number of aromatic nitrogens is 2. The van der Waals surface area contributed by atoms with E-state index in [1.807, 2.05) is 72.9 Å². The largest absolute Gasteiger partial charge is 0.468 e. The molecule has 1 N–H and O–H groups in total. The van der Waals surface area contributed by atoms with Crippen LogP contribution in [-0.4, -0.2) is 26.9 Å². The van der Waals surface area contributed by atoms with Gasteiger partial charge in [0.25, 0.3) is 0 Å². The summed E-state index contributed by atoms with van der Waals surface area (Å²) in [5.41, 5.74) is 4.27. The van der Waals surface area contributed by atoms with E-state index in [4.69, 9.17) is 11.3 Å². The Labute approximate surface area is 220 Å². The molecule has 1 aromatic heterocycles. The fourth-order valence-corrected chi connectivity index (χ4v) is 4.83. The van der Waals surface area contributed by atoms with Crippen LogP contribution in [0.2, 0.25) is 0 Å². The summed E-state index contributed by atoms with van der Waals surface area (Å²) in [4.78, 5) is 23.5. The summed E-state index contributed by atoms with van der Waals surface area (Å²) in [5.74, 6) is 0.999. The first kappa shape index (κ1) is 23.5. The van der Waals surface area contributed by atoms with E-state index in [1.54, 1.807) is 12.4 Å². The van der Waals surface area contributed by atoms with Gasteiger partial charge in [-0.05, 0) is 40.8 Å². The van der Waals surface area contributed by atoms with E-state index in [-0.39, 0.29) is 12.5 Å². The zero-order valence-corrected chi connectivity index (χ0v) is 20.7. The number of hydrogen-bond acceptors (Lipinski definition) is 4. The first-order valence-corrected chi connectivity index (χ1v) is 12.4. The van der Waals surface area contributed by atoms with Crippen molar-refractivity contribution in [3.8, 4) is 11.5 Å². The lowest BCUT2D eigenvalue weighted by Crippen LogP contribution is -2.33. The summed E-state index contributed by atoms with van der Waals surface area (Å²) in [6.45, 7) is 9.58. The second kappa shape index (κ2) is 10.2. The molecule has 2 heterocycles. The van der Waals surface area contributed by atoms with E-state index in [0.29, 0.717) is 42.5 Å². The first-order valence-electron chi connectivity index (χ1n) is 12.4. The summed E-state index contributed by atoms with van der Waals surface area (Å²) in [6, 6.07) is 27.4. The lowest BCUT2D eigenvalue weighted by molar-refractivity contribution is -0.117. The van der Waals surface area contributed by atoms with Gasteiger partial charge in [-0.3, -0.25) is 9.69 Å². The maximum atomic E-state index is 13.3. The SMILES string of the molecule is [C-]#[N+]c1ccc2cc1Oc1ccc3cccc(c3c1)NC(=O)CN(Cc1ccccc1)Cc1cncn1C2. The Bertz CT molecular complexity index is 1670. The van der Waals surface area contributed by atoms with Crippen LogP contribution in [-0.2, 0) is 24.4 Å². The van der Waals surface area contributed by atoms with Crippen LogP contribution in [0.1, 0.15) is 16.8 Å². The second-order valence-corrected chi connectivity index (χ2v) is 9.40. The van der Waals surface area contributed by atoms with Gasteiger partial charge in [0.1, 0.15) is 11.5 Å². The normalized spacial score (nSPS) is 13.9. The fraction of sp³-hybridized carbons (Fsp3) is 0.129. The molecule has 0 unspecified atom stereocenters. The van der Waals surface area contributed by atoms with E-state index in [0.717, 1.165) is 27.6 Å². The van der Waals surface area contributed by atoms with Crippen LogP contribution >= 0.6 is 0 Å². The predicted molar refractivity (Wildman–Crippen MR) is 147 cm³/mol. The fourth-order valence-electron chi connectivity index (χ4n) is 4.83. The van der Waals surface area contributed by atoms with Crippen LogP contribution in [0, 0.1) is 6.57 Å². The summed E-state index contributed by atoms with van der Waals surface area (Å²) in [6.07, 6.45) is 3.64. The topological polar surface area (TPSA) is 63.8 Å². The zero-order valence-electron chi connectivity index (χ0n) is 20.7. The Kier molecular flexibility index (Phi) is 6.30. The minimum atomic E-state index is -0.0987. The summed E-state index contributed by atoms with van der Waals surface area (Å²) in [7, 11) is 0. The second-order valence-electron chi connectivity index (χ2n) is 9.40. The third kappa shape index (κ3) is 4.99. The highest BCUT2D eigenvalue weighted by atomic mass is 16.5. The minimum Gasteiger partial charge on any atom is -0.468 e. The smallest absolute Gasteiger partial charge is 0.238 e. The van der Waals surface area contributed by atoms with Gasteiger partial charge < -0.3 is 14.6 Å². The van der Waals surface area contributed by atoms with Crippen molar-refractivity contribution in [1.29, 1.82) is 0 Å². The van der Waals surface area contributed by atoms with Gasteiger partial charge in [-0.25, -0.2) is 9.83 Å². The van der Waals surface area contributed by atoms with E-state index >= 15 is 0 Å². The number of amides is 1. The van der Waals surface area contributed by atoms with E-state index < -0.39 is 0 Å². The number of ether oxygens (including phenoxy) is 1. The molecule has 186 valence electrons. The van der Waals surface area contributed by atoms with Gasteiger partial charge in [-0.2, -0.15) is 0 Å². The number of hydrogen-bond donors (Lipinski definition) is 1. The molecule has 4 aromatic carbocycles. The number of fused-ring (bicyclic) bond motifs is 4. The van der Waals surface area contributed by atoms with Gasteiger partial charge in [-0.1, -0.05) is 60.7 Å². The number of nitrogens with zero attached hydrogens (tertiary/aromatic N) is 4. The van der Waals surface area contributed by atoms with Crippen LogP contribution in [0.25, 0.3) is 15.6 Å². The Morgan fingerprint density at radius 1 is 0.947 bits per heavy atom. The third-order valence-corrected chi connectivity index (χ3v) is 6.65. The number of imidazole rings is 1. The van der Waals surface area contributed by atoms with E-state index in [2.05, 4.69) is 36.7 Å². The molecule has 4 bridgehead atoms. The zero-order chi connectivity index (χ0) is 25.9. The first-order chi connectivity index (χ1) is 18.6. The summed E-state index contributed by atoms with van der Waals surface area (Å²) < 4.78 is 8.29. The molecule has 6 rings (SSSR count). The van der Waals surface area contributed by atoms with Crippen molar-refractivity contribution in [2.75, 3.05) is 11.9 Å². The quantitative estimate of drug-likeness (QED) is 0.286. The molecule has 0 aliphatic carbocycles. The van der Waals surface area contributed by atoms with Gasteiger partial charge >= 0.3 is 0 Å². The molecule has 7 nitrogen and oxygen atoms in total. The molecular formula is C31H25N5O2. The summed E-state index contributed by atoms with van der Waals surface area (Å²) >= 11 is 0. The Morgan fingerprint density at radius 3 is 2.71 bits per heavy atom. The van der Waals surface area contributed by atoms with Crippen molar-refractivity contribution in [2.45, 2.75) is 19.6 Å². The van der Waals surface area contributed by atoms with Crippen molar-refractivity contribution in [1.82, 2.24) is 14.5 Å². The number of nitrogens with one attached hydrogen (secondary N) is 1. The van der Waals surface area contributed by atoms with Crippen molar-refractivity contribution in [2.24, 2.45) is 0 Å². The Morgan fingerprint density at radius 2 is 1.84 bits per heavy atom. The standard InChI is InChI=1S/C31H25N5O2/c1-32-29-13-10-23-14-30(29)38-26-12-11-24-8-5-9-28(27(24)15-26)34-31(37)20-35(17-22-6-3-2-4-7-22)19-25-16-33-21-36(25)18-23/h2-16,21H,17-20H2,(H,34,37). The van der Waals surface area contributed by atoms with Gasteiger partial charge in [0, 0.05) is 36.9 Å². The molecule has 5 aromatic rings. The number of anilines is 1. The molecule has 0 saturated heterocycles. The molecular weight excluding hydrogens is 474 g/mol. The predicted octanol–water partition coefficient (Wildman–Crippen LogP) is 6.38. The maximum Gasteiger partial charge on any atom is 0.238 e. The molecule has 1 aliphatic rings. The molecule has 1 aliphatic heterocycles. The van der Waals surface area contributed by atoms with Gasteiger partial charge in [0.05, 0.1) is 25.1 Å². The molecule has 0 atom stereocenters. The average Bonchev–Trinajstić information content (AvgIpc) is 3.35. The highest BCUT2D eigenvalue weighted by Gasteiger charge is 2.17. The van der Waals surface area contributed by atoms with Crippen LogP contribution < -0.4 is 10.1 Å². The monoisotopic (exact) mass is 499 g/mol. The van der Waals surface area contributed by atoms with Crippen molar-refractivity contribution < 1.29 is 9.53 Å². The lowest BCUT2D eigenvalue weighted by atomic mass is 10.1. The number of rotatable bonds is 2. The van der Waals surface area contributed by atoms with E-state index in [9.17, 15) is 4.79 Å². The molecule has 1 amide bonds. The average molecular weight is 500 g/mol. The van der Waals surface area contributed by atoms with Crippen LogP contribution in [0.4, 0.5) is 11.4 Å². The van der Waals surface area contributed by atoms with E-state index in [1.165, 1.54) is 0 Å². The van der Waals surface area contributed by atoms with Gasteiger partial charge in [0.2, 0.25) is 11.6 Å². The lowest BCUT2D eigenvalue weighted by Gasteiger charge is -2.23. The molecule has 0 spiro atoms. The maximum absolute atomic E-state index is 13.3. The molecule has 7 heteroatoms. The Hall–Kier alpha value is -4.93. The minimum absolute atomic E-state index is 0.0987. The van der Waals surface area contributed by atoms with Crippen molar-refractivity contribution >= 4 is 28.1 Å². The number of benzene rings is 4. The van der Waals surface area contributed by atoms with Crippen molar-refractivity contribution in [3.05, 3.63) is 126 Å². The molecule has 38 heavy (non-hydrogen) atoms. The van der Waals surface area contributed by atoms with Crippen LogP contribution in [0.5, 0.6) is 11.5 Å². The van der Waals surface area contributed by atoms with Crippen LogP contribution in [0.3, 0.4) is 0 Å². The molecule has 0 saturated carbocycles.